The van der Waals surface area contributed by atoms with Crippen molar-refractivity contribution in [1.82, 2.24) is 5.32 Å². The van der Waals surface area contributed by atoms with Crippen molar-refractivity contribution in [2.75, 3.05) is 6.54 Å². The molecule has 0 aromatic heterocycles. The monoisotopic (exact) mass is 423 g/mol. The average Bonchev–Trinajstić information content (AvgIpc) is 2.52. The van der Waals surface area contributed by atoms with Crippen molar-refractivity contribution in [2.45, 2.75) is 46.1 Å². The molecule has 1 aromatic rings. The second kappa shape index (κ2) is 7.23. The maximum absolute atomic E-state index is 12.6. The molecule has 0 spiro atoms. The number of ketones is 1. The van der Waals surface area contributed by atoms with Crippen LogP contribution in [0.15, 0.2) is 22.2 Å². The Hall–Kier alpha value is -2.15. The number of fused-ring (bicyclic) bond motifs is 1. The van der Waals surface area contributed by atoms with E-state index in [0.717, 1.165) is 10.0 Å². The van der Waals surface area contributed by atoms with Crippen molar-refractivity contribution in [2.24, 2.45) is 0 Å². The minimum atomic E-state index is -0.796. The van der Waals surface area contributed by atoms with Gasteiger partial charge in [0.05, 0.1) is 0 Å². The van der Waals surface area contributed by atoms with Crippen LogP contribution in [0.2, 0.25) is 0 Å². The summed E-state index contributed by atoms with van der Waals surface area (Å²) in [6, 6.07) is 3.55. The Labute approximate surface area is 160 Å². The van der Waals surface area contributed by atoms with Crippen molar-refractivity contribution in [3.05, 3.63) is 38.9 Å². The SMILES string of the molecule is Cc1c(Br)ccc2c1C(O)=C(C(=O)NCC(=O)OC(C)(C)C)C(=O)C2C. The van der Waals surface area contributed by atoms with Gasteiger partial charge in [-0.15, -0.1) is 0 Å². The molecule has 2 N–H and O–H groups in total. The summed E-state index contributed by atoms with van der Waals surface area (Å²) in [5.74, 6) is -2.85. The maximum Gasteiger partial charge on any atom is 0.325 e. The minimum absolute atomic E-state index is 0.338. The summed E-state index contributed by atoms with van der Waals surface area (Å²) < 4.78 is 5.88. The molecule has 6 nitrogen and oxygen atoms in total. The van der Waals surface area contributed by atoms with E-state index < -0.39 is 35.7 Å². The van der Waals surface area contributed by atoms with E-state index in [2.05, 4.69) is 21.2 Å². The number of amides is 1. The highest BCUT2D eigenvalue weighted by atomic mass is 79.9. The lowest BCUT2D eigenvalue weighted by Crippen LogP contribution is -2.38. The van der Waals surface area contributed by atoms with Crippen LogP contribution in [0.5, 0.6) is 0 Å². The summed E-state index contributed by atoms with van der Waals surface area (Å²) in [4.78, 5) is 36.8. The topological polar surface area (TPSA) is 92.7 Å². The lowest BCUT2D eigenvalue weighted by molar-refractivity contribution is -0.154. The van der Waals surface area contributed by atoms with E-state index in [9.17, 15) is 19.5 Å². The number of aliphatic hydroxyl groups is 1. The van der Waals surface area contributed by atoms with Gasteiger partial charge in [0, 0.05) is 16.0 Å². The number of carbonyl (C=O) groups is 3. The molecule has 140 valence electrons. The molecule has 0 bridgehead atoms. The minimum Gasteiger partial charge on any atom is -0.506 e. The molecule has 0 saturated carbocycles. The second-order valence-electron chi connectivity index (χ2n) is 7.22. The Bertz CT molecular complexity index is 820. The van der Waals surface area contributed by atoms with Crippen molar-refractivity contribution in [1.29, 1.82) is 0 Å². The lowest BCUT2D eigenvalue weighted by Gasteiger charge is -2.25. The van der Waals surface area contributed by atoms with Gasteiger partial charge in [0.2, 0.25) is 0 Å². The highest BCUT2D eigenvalue weighted by Gasteiger charge is 2.36. The second-order valence-corrected chi connectivity index (χ2v) is 8.07. The number of carbonyl (C=O) groups excluding carboxylic acids is 3. The molecule has 7 heteroatoms. The number of rotatable bonds is 3. The Balaban J connectivity index is 2.32. The normalized spacial score (nSPS) is 17.0. The van der Waals surface area contributed by atoms with E-state index in [1.165, 1.54) is 0 Å². The molecule has 0 heterocycles. The van der Waals surface area contributed by atoms with Gasteiger partial charge in [-0.3, -0.25) is 14.4 Å². The molecule has 1 aliphatic carbocycles. The van der Waals surface area contributed by atoms with Gasteiger partial charge in [-0.1, -0.05) is 28.9 Å². The Morgan fingerprint density at radius 2 is 1.92 bits per heavy atom. The fourth-order valence-corrected chi connectivity index (χ4v) is 3.15. The third-order valence-corrected chi connectivity index (χ3v) is 4.91. The zero-order valence-corrected chi connectivity index (χ0v) is 17.0. The van der Waals surface area contributed by atoms with Crippen LogP contribution in [0, 0.1) is 6.92 Å². The van der Waals surface area contributed by atoms with Gasteiger partial charge in [-0.25, -0.2) is 0 Å². The zero-order chi connectivity index (χ0) is 19.8. The molecule has 1 atom stereocenters. The van der Waals surface area contributed by atoms with Crippen molar-refractivity contribution in [3.8, 4) is 0 Å². The van der Waals surface area contributed by atoms with Gasteiger partial charge >= 0.3 is 5.97 Å². The van der Waals surface area contributed by atoms with Crippen molar-refractivity contribution < 1.29 is 24.2 Å². The van der Waals surface area contributed by atoms with E-state index in [0.29, 0.717) is 11.1 Å². The number of hydrogen-bond donors (Lipinski definition) is 2. The Kier molecular flexibility index (Phi) is 5.61. The quantitative estimate of drug-likeness (QED) is 0.575. The standard InChI is InChI=1S/C19H22BrNO5/c1-9-11-6-7-12(20)10(2)14(11)17(24)15(16(9)23)18(25)21-8-13(22)26-19(3,4)5/h6-7,9,24H,8H2,1-5H3,(H,21,25). The predicted octanol–water partition coefficient (Wildman–Crippen LogP) is 3.17. The maximum atomic E-state index is 12.6. The summed E-state index contributed by atoms with van der Waals surface area (Å²) >= 11 is 3.39. The molecular weight excluding hydrogens is 402 g/mol. The lowest BCUT2D eigenvalue weighted by atomic mass is 9.80. The van der Waals surface area contributed by atoms with Gasteiger partial charge in [-0.05, 0) is 44.9 Å². The van der Waals surface area contributed by atoms with E-state index >= 15 is 0 Å². The van der Waals surface area contributed by atoms with Crippen LogP contribution in [0.1, 0.15) is 50.3 Å². The van der Waals surface area contributed by atoms with Gasteiger partial charge in [-0.2, -0.15) is 0 Å². The first-order valence-corrected chi connectivity index (χ1v) is 9.00. The number of ether oxygens (including phenoxy) is 1. The predicted molar refractivity (Wildman–Crippen MR) is 101 cm³/mol. The number of aliphatic hydroxyl groups excluding tert-OH is 1. The summed E-state index contributed by atoms with van der Waals surface area (Å²) in [6.45, 7) is 8.22. The molecule has 0 aliphatic heterocycles. The van der Waals surface area contributed by atoms with Crippen molar-refractivity contribution >= 4 is 39.3 Å². The molecule has 26 heavy (non-hydrogen) atoms. The molecule has 2 rings (SSSR count). The van der Waals surface area contributed by atoms with Crippen LogP contribution >= 0.6 is 15.9 Å². The Morgan fingerprint density at radius 1 is 1.31 bits per heavy atom. The van der Waals surface area contributed by atoms with Crippen LogP contribution in [-0.4, -0.2) is 34.9 Å². The third-order valence-electron chi connectivity index (χ3n) is 4.05. The van der Waals surface area contributed by atoms with Crippen LogP contribution in [0.25, 0.3) is 5.76 Å². The number of esters is 1. The fraction of sp³-hybridized carbons (Fsp3) is 0.421. The molecule has 0 radical (unpaired) electrons. The third kappa shape index (κ3) is 3.98. The molecule has 1 aliphatic rings. The number of halogens is 1. The highest BCUT2D eigenvalue weighted by molar-refractivity contribution is 9.10. The molecule has 1 unspecified atom stereocenters. The summed E-state index contributed by atoms with van der Waals surface area (Å²) in [5, 5.41) is 13.0. The molecule has 1 amide bonds. The van der Waals surface area contributed by atoms with Gasteiger partial charge < -0.3 is 15.2 Å². The summed E-state index contributed by atoms with van der Waals surface area (Å²) in [5.41, 5.74) is 0.845. The van der Waals surface area contributed by atoms with Crippen LogP contribution in [0.4, 0.5) is 0 Å². The highest BCUT2D eigenvalue weighted by Crippen LogP contribution is 2.39. The van der Waals surface area contributed by atoms with Gasteiger partial charge in [0.15, 0.2) is 5.78 Å². The van der Waals surface area contributed by atoms with E-state index in [1.807, 2.05) is 0 Å². The van der Waals surface area contributed by atoms with E-state index in [1.54, 1.807) is 46.8 Å². The van der Waals surface area contributed by atoms with Gasteiger partial charge in [0.1, 0.15) is 23.5 Å². The number of Topliss-reactive ketones (excluding diaryl/α,β-unsaturated/α-hetero) is 1. The number of hydrogen-bond acceptors (Lipinski definition) is 5. The largest absolute Gasteiger partial charge is 0.506 e. The molecular formula is C19H22BrNO5. The van der Waals surface area contributed by atoms with E-state index in [-0.39, 0.29) is 11.3 Å². The van der Waals surface area contributed by atoms with Crippen LogP contribution < -0.4 is 5.32 Å². The zero-order valence-electron chi connectivity index (χ0n) is 15.4. The van der Waals surface area contributed by atoms with E-state index in [4.69, 9.17) is 4.74 Å². The average molecular weight is 424 g/mol. The van der Waals surface area contributed by atoms with Crippen LogP contribution in [-0.2, 0) is 19.1 Å². The van der Waals surface area contributed by atoms with Crippen molar-refractivity contribution in [3.63, 3.8) is 0 Å². The smallest absolute Gasteiger partial charge is 0.325 e. The number of benzene rings is 1. The summed E-state index contributed by atoms with van der Waals surface area (Å²) in [7, 11) is 0. The first-order chi connectivity index (χ1) is 11.9. The van der Waals surface area contributed by atoms with Crippen LogP contribution in [0.3, 0.4) is 0 Å². The fourth-order valence-electron chi connectivity index (χ4n) is 2.82. The summed E-state index contributed by atoms with van der Waals surface area (Å²) in [6.07, 6.45) is 0. The molecule has 0 fully saturated rings. The first kappa shape index (κ1) is 20.2. The Morgan fingerprint density at radius 3 is 2.50 bits per heavy atom. The van der Waals surface area contributed by atoms with Gasteiger partial charge in [0.25, 0.3) is 5.91 Å². The molecule has 1 aromatic carbocycles. The first-order valence-electron chi connectivity index (χ1n) is 8.21. The molecule has 0 saturated heterocycles. The number of nitrogens with one attached hydrogen (secondary N) is 1.